The van der Waals surface area contributed by atoms with Crippen LogP contribution in [-0.4, -0.2) is 35.3 Å². The fourth-order valence-corrected chi connectivity index (χ4v) is 2.22. The Kier molecular flexibility index (Phi) is 7.38. The number of hydrogen-bond acceptors (Lipinski definition) is 3. The summed E-state index contributed by atoms with van der Waals surface area (Å²) in [6.07, 6.45) is 1.58. The van der Waals surface area contributed by atoms with E-state index in [4.69, 9.17) is 11.6 Å². The molecule has 0 unspecified atom stereocenters. The minimum atomic E-state index is -0.112. The first-order chi connectivity index (χ1) is 10.1. The highest BCUT2D eigenvalue weighted by atomic mass is 35.5. The van der Waals surface area contributed by atoms with Crippen LogP contribution in [0.2, 0.25) is 5.02 Å². The van der Waals surface area contributed by atoms with Crippen LogP contribution in [0.4, 0.5) is 0 Å². The Labute approximate surface area is 141 Å². The zero-order valence-electron chi connectivity index (χ0n) is 12.6. The van der Waals surface area contributed by atoms with Gasteiger partial charge in [-0.05, 0) is 31.7 Å². The van der Waals surface area contributed by atoms with Crippen molar-refractivity contribution in [1.29, 1.82) is 0 Å². The quantitative estimate of drug-likeness (QED) is 0.793. The number of nitrogens with one attached hydrogen (secondary N) is 2. The second-order valence-electron chi connectivity index (χ2n) is 4.64. The van der Waals surface area contributed by atoms with Crippen molar-refractivity contribution in [3.63, 3.8) is 0 Å². The largest absolute Gasteiger partial charge is 0.351 e. The summed E-state index contributed by atoms with van der Waals surface area (Å²) in [4.78, 5) is 12.1. The van der Waals surface area contributed by atoms with Gasteiger partial charge in [-0.25, -0.2) is 4.68 Å². The smallest absolute Gasteiger partial charge is 0.254 e. The second kappa shape index (κ2) is 8.78. The summed E-state index contributed by atoms with van der Waals surface area (Å²) < 4.78 is 1.71. The van der Waals surface area contributed by atoms with E-state index >= 15 is 0 Å². The van der Waals surface area contributed by atoms with Crippen LogP contribution in [0.1, 0.15) is 23.0 Å². The average Bonchev–Trinajstić information content (AvgIpc) is 2.85. The molecule has 1 aromatic heterocycles. The lowest BCUT2D eigenvalue weighted by Crippen LogP contribution is -2.31. The first-order valence-electron chi connectivity index (χ1n) is 6.93. The molecule has 2 N–H and O–H groups in total. The number of nitrogens with zero attached hydrogens (tertiary/aromatic N) is 2. The molecule has 0 atom stereocenters. The number of rotatable bonds is 6. The van der Waals surface area contributed by atoms with Crippen LogP contribution in [0.15, 0.2) is 30.5 Å². The molecule has 5 nitrogen and oxygen atoms in total. The standard InChI is InChI=1S/C15H19ClN4O.ClH/c1-3-17-7-8-18-15(21)14-10-19-20(11(14)2)13-6-4-5-12(16)9-13;/h4-6,9-10,17H,3,7-8H2,1-2H3,(H,18,21);1H. The summed E-state index contributed by atoms with van der Waals surface area (Å²) in [6, 6.07) is 7.38. The number of halogens is 2. The molecule has 0 aliphatic carbocycles. The summed E-state index contributed by atoms with van der Waals surface area (Å²) in [5, 5.41) is 10.9. The number of aromatic nitrogens is 2. The first kappa shape index (κ1) is 18.5. The molecule has 0 aliphatic heterocycles. The molecule has 1 aromatic carbocycles. The molecule has 22 heavy (non-hydrogen) atoms. The zero-order chi connectivity index (χ0) is 15.2. The average molecular weight is 343 g/mol. The molecule has 0 spiro atoms. The van der Waals surface area contributed by atoms with Crippen molar-refractivity contribution in [2.75, 3.05) is 19.6 Å². The van der Waals surface area contributed by atoms with Gasteiger partial charge in [0, 0.05) is 18.1 Å². The summed E-state index contributed by atoms with van der Waals surface area (Å²) in [5.41, 5.74) is 2.20. The van der Waals surface area contributed by atoms with Crippen LogP contribution in [0.3, 0.4) is 0 Å². The van der Waals surface area contributed by atoms with E-state index in [2.05, 4.69) is 15.7 Å². The molecule has 2 aromatic rings. The van der Waals surface area contributed by atoms with Crippen molar-refractivity contribution < 1.29 is 4.79 Å². The summed E-state index contributed by atoms with van der Waals surface area (Å²) in [6.45, 7) is 6.13. The van der Waals surface area contributed by atoms with E-state index in [1.807, 2.05) is 32.0 Å². The number of hydrogen-bond donors (Lipinski definition) is 2. The number of carbonyl (C=O) groups excluding carboxylic acids is 1. The fraction of sp³-hybridized carbons (Fsp3) is 0.333. The van der Waals surface area contributed by atoms with Gasteiger partial charge < -0.3 is 10.6 Å². The minimum Gasteiger partial charge on any atom is -0.351 e. The Bertz CT molecular complexity index is 628. The van der Waals surface area contributed by atoms with Crippen LogP contribution in [0, 0.1) is 6.92 Å². The van der Waals surface area contributed by atoms with E-state index in [1.54, 1.807) is 16.9 Å². The van der Waals surface area contributed by atoms with Gasteiger partial charge in [-0.1, -0.05) is 24.6 Å². The van der Waals surface area contributed by atoms with Gasteiger partial charge in [-0.2, -0.15) is 5.10 Å². The lowest BCUT2D eigenvalue weighted by Gasteiger charge is -2.07. The molecule has 0 aliphatic rings. The van der Waals surface area contributed by atoms with Gasteiger partial charge in [0.05, 0.1) is 23.1 Å². The molecule has 2 rings (SSSR count). The van der Waals surface area contributed by atoms with Crippen LogP contribution in [0.5, 0.6) is 0 Å². The monoisotopic (exact) mass is 342 g/mol. The van der Waals surface area contributed by atoms with Crippen LogP contribution < -0.4 is 10.6 Å². The van der Waals surface area contributed by atoms with Crippen molar-refractivity contribution in [2.45, 2.75) is 13.8 Å². The van der Waals surface area contributed by atoms with Crippen molar-refractivity contribution in [1.82, 2.24) is 20.4 Å². The third-order valence-electron chi connectivity index (χ3n) is 3.14. The van der Waals surface area contributed by atoms with Gasteiger partial charge in [0.1, 0.15) is 0 Å². The molecule has 7 heteroatoms. The van der Waals surface area contributed by atoms with Crippen LogP contribution in [-0.2, 0) is 0 Å². The topological polar surface area (TPSA) is 58.9 Å². The number of amides is 1. The summed E-state index contributed by atoms with van der Waals surface area (Å²) in [7, 11) is 0. The van der Waals surface area contributed by atoms with E-state index in [0.29, 0.717) is 17.1 Å². The van der Waals surface area contributed by atoms with E-state index < -0.39 is 0 Å². The highest BCUT2D eigenvalue weighted by molar-refractivity contribution is 6.30. The number of likely N-dealkylation sites (N-methyl/N-ethyl adjacent to an activating group) is 1. The predicted molar refractivity (Wildman–Crippen MR) is 91.4 cm³/mol. The Morgan fingerprint density at radius 3 is 2.82 bits per heavy atom. The molecule has 1 heterocycles. The normalized spacial score (nSPS) is 10.1. The molecule has 0 fully saturated rings. The van der Waals surface area contributed by atoms with Crippen molar-refractivity contribution in [3.05, 3.63) is 46.7 Å². The second-order valence-corrected chi connectivity index (χ2v) is 5.08. The third-order valence-corrected chi connectivity index (χ3v) is 3.38. The van der Waals surface area contributed by atoms with E-state index in [-0.39, 0.29) is 18.3 Å². The van der Waals surface area contributed by atoms with Crippen molar-refractivity contribution in [2.24, 2.45) is 0 Å². The van der Waals surface area contributed by atoms with Gasteiger partial charge in [0.2, 0.25) is 0 Å². The Balaban J connectivity index is 0.00000242. The fourth-order valence-electron chi connectivity index (χ4n) is 2.04. The van der Waals surface area contributed by atoms with Crippen LogP contribution in [0.25, 0.3) is 5.69 Å². The number of benzene rings is 1. The maximum Gasteiger partial charge on any atom is 0.254 e. The van der Waals surface area contributed by atoms with Gasteiger partial charge in [0.25, 0.3) is 5.91 Å². The minimum absolute atomic E-state index is 0. The summed E-state index contributed by atoms with van der Waals surface area (Å²) in [5.74, 6) is -0.112. The van der Waals surface area contributed by atoms with Crippen molar-refractivity contribution in [3.8, 4) is 5.69 Å². The molecule has 0 radical (unpaired) electrons. The van der Waals surface area contributed by atoms with E-state index in [9.17, 15) is 4.79 Å². The maximum absolute atomic E-state index is 12.1. The molecule has 120 valence electrons. The number of carbonyl (C=O) groups is 1. The van der Waals surface area contributed by atoms with E-state index in [1.165, 1.54) is 0 Å². The summed E-state index contributed by atoms with van der Waals surface area (Å²) >= 11 is 5.99. The molecule has 0 saturated heterocycles. The van der Waals surface area contributed by atoms with Gasteiger partial charge >= 0.3 is 0 Å². The lowest BCUT2D eigenvalue weighted by molar-refractivity contribution is 0.0953. The van der Waals surface area contributed by atoms with Gasteiger partial charge in [0.15, 0.2) is 0 Å². The van der Waals surface area contributed by atoms with E-state index in [0.717, 1.165) is 24.5 Å². The molecule has 0 bridgehead atoms. The zero-order valence-corrected chi connectivity index (χ0v) is 14.2. The maximum atomic E-state index is 12.1. The Hall–Kier alpha value is -1.56. The molecule has 0 saturated carbocycles. The van der Waals surface area contributed by atoms with Gasteiger partial charge in [-0.3, -0.25) is 4.79 Å². The molecule has 1 amide bonds. The van der Waals surface area contributed by atoms with Crippen LogP contribution >= 0.6 is 24.0 Å². The van der Waals surface area contributed by atoms with Crippen molar-refractivity contribution >= 4 is 29.9 Å². The predicted octanol–water partition coefficient (Wildman–Crippen LogP) is 2.60. The highest BCUT2D eigenvalue weighted by Gasteiger charge is 2.14. The Morgan fingerprint density at radius 2 is 2.14 bits per heavy atom. The first-order valence-corrected chi connectivity index (χ1v) is 7.30. The Morgan fingerprint density at radius 1 is 1.36 bits per heavy atom. The third kappa shape index (κ3) is 4.47. The van der Waals surface area contributed by atoms with Gasteiger partial charge in [-0.15, -0.1) is 12.4 Å². The molecular formula is C15H20Cl2N4O. The highest BCUT2D eigenvalue weighted by Crippen LogP contribution is 2.17. The molecular weight excluding hydrogens is 323 g/mol. The SMILES string of the molecule is CCNCCNC(=O)c1cnn(-c2cccc(Cl)c2)c1C.Cl. The lowest BCUT2D eigenvalue weighted by atomic mass is 10.2.